The van der Waals surface area contributed by atoms with E-state index in [-0.39, 0.29) is 11.6 Å². The summed E-state index contributed by atoms with van der Waals surface area (Å²) in [5.74, 6) is -0.0241. The van der Waals surface area contributed by atoms with E-state index < -0.39 is 0 Å². The first-order valence-electron chi connectivity index (χ1n) is 7.86. The van der Waals surface area contributed by atoms with Gasteiger partial charge in [0.25, 0.3) is 5.91 Å². The number of benzene rings is 2. The Morgan fingerprint density at radius 3 is 2.19 bits per heavy atom. The lowest BCUT2D eigenvalue weighted by molar-refractivity contribution is 0.102. The molecule has 0 saturated heterocycles. The largest absolute Gasteiger partial charge is 0.324 e. The third-order valence-electron chi connectivity index (χ3n) is 3.51. The number of hydrogen-bond donors (Lipinski definition) is 2. The third kappa shape index (κ3) is 4.71. The SMILES string of the molecule is Cc1ccc(Nc2nc(C)cc(C(=O)Nc3cc(Cl)cc(Cl)c3)n2)cc1. The minimum absolute atomic E-state index is 0.239. The Kier molecular flexibility index (Phi) is 5.40. The Balaban J connectivity index is 1.82. The van der Waals surface area contributed by atoms with Gasteiger partial charge in [0.1, 0.15) is 5.69 Å². The van der Waals surface area contributed by atoms with Gasteiger partial charge >= 0.3 is 0 Å². The molecule has 26 heavy (non-hydrogen) atoms. The molecule has 132 valence electrons. The molecule has 0 aliphatic rings. The molecule has 3 aromatic rings. The molecule has 2 N–H and O–H groups in total. The second kappa shape index (κ2) is 7.72. The number of amides is 1. The van der Waals surface area contributed by atoms with E-state index >= 15 is 0 Å². The lowest BCUT2D eigenvalue weighted by Crippen LogP contribution is -2.15. The van der Waals surface area contributed by atoms with Gasteiger partial charge in [0, 0.05) is 27.1 Å². The molecule has 1 aromatic heterocycles. The highest BCUT2D eigenvalue weighted by atomic mass is 35.5. The van der Waals surface area contributed by atoms with Crippen molar-refractivity contribution in [1.82, 2.24) is 9.97 Å². The third-order valence-corrected chi connectivity index (χ3v) is 3.95. The molecule has 7 heteroatoms. The van der Waals surface area contributed by atoms with Crippen molar-refractivity contribution in [3.8, 4) is 0 Å². The Labute approximate surface area is 161 Å². The van der Waals surface area contributed by atoms with Crippen LogP contribution in [0.15, 0.2) is 48.5 Å². The second-order valence-corrected chi connectivity index (χ2v) is 6.69. The molecule has 0 aliphatic carbocycles. The number of carbonyl (C=O) groups excluding carboxylic acids is 1. The Bertz CT molecular complexity index is 938. The van der Waals surface area contributed by atoms with Crippen LogP contribution in [0.5, 0.6) is 0 Å². The normalized spacial score (nSPS) is 10.5. The van der Waals surface area contributed by atoms with Gasteiger partial charge in [0.2, 0.25) is 5.95 Å². The maximum absolute atomic E-state index is 12.5. The zero-order valence-corrected chi connectivity index (χ0v) is 15.7. The Hall–Kier alpha value is -2.63. The molecular formula is C19H16Cl2N4O. The molecule has 0 bridgehead atoms. The molecule has 5 nitrogen and oxygen atoms in total. The lowest BCUT2D eigenvalue weighted by Gasteiger charge is -2.09. The number of nitrogens with zero attached hydrogens (tertiary/aromatic N) is 2. The maximum Gasteiger partial charge on any atom is 0.274 e. The first kappa shape index (κ1) is 18.2. The number of hydrogen-bond acceptors (Lipinski definition) is 4. The minimum Gasteiger partial charge on any atom is -0.324 e. The highest BCUT2D eigenvalue weighted by Gasteiger charge is 2.12. The van der Waals surface area contributed by atoms with Gasteiger partial charge in [0.05, 0.1) is 0 Å². The summed E-state index contributed by atoms with van der Waals surface area (Å²) in [7, 11) is 0. The number of halogens is 2. The molecule has 0 saturated carbocycles. The van der Waals surface area contributed by atoms with Crippen molar-refractivity contribution in [2.24, 2.45) is 0 Å². The van der Waals surface area contributed by atoms with Crippen LogP contribution in [0, 0.1) is 13.8 Å². The molecule has 0 aliphatic heterocycles. The molecular weight excluding hydrogens is 371 g/mol. The molecule has 0 unspecified atom stereocenters. The number of aryl methyl sites for hydroxylation is 2. The predicted octanol–water partition coefficient (Wildman–Crippen LogP) is 5.40. The summed E-state index contributed by atoms with van der Waals surface area (Å²) in [5.41, 5.74) is 3.40. The van der Waals surface area contributed by atoms with E-state index in [1.54, 1.807) is 31.2 Å². The summed E-state index contributed by atoms with van der Waals surface area (Å²) < 4.78 is 0. The molecule has 0 atom stereocenters. The van der Waals surface area contributed by atoms with Crippen molar-refractivity contribution in [3.63, 3.8) is 0 Å². The molecule has 3 rings (SSSR count). The zero-order chi connectivity index (χ0) is 18.7. The van der Waals surface area contributed by atoms with Gasteiger partial charge in [-0.1, -0.05) is 40.9 Å². The van der Waals surface area contributed by atoms with Crippen LogP contribution >= 0.6 is 23.2 Å². The van der Waals surface area contributed by atoms with Crippen LogP contribution in [0.3, 0.4) is 0 Å². The summed E-state index contributed by atoms with van der Waals surface area (Å²) in [6, 6.07) is 14.3. The van der Waals surface area contributed by atoms with E-state index in [2.05, 4.69) is 20.6 Å². The van der Waals surface area contributed by atoms with Crippen molar-refractivity contribution in [1.29, 1.82) is 0 Å². The highest BCUT2D eigenvalue weighted by molar-refractivity contribution is 6.35. The second-order valence-electron chi connectivity index (χ2n) is 5.82. The average molecular weight is 387 g/mol. The smallest absolute Gasteiger partial charge is 0.274 e. The van der Waals surface area contributed by atoms with Crippen LogP contribution in [0.2, 0.25) is 10.0 Å². The van der Waals surface area contributed by atoms with Gasteiger partial charge in [-0.2, -0.15) is 0 Å². The van der Waals surface area contributed by atoms with Gasteiger partial charge in [-0.15, -0.1) is 0 Å². The fraction of sp³-hybridized carbons (Fsp3) is 0.105. The van der Waals surface area contributed by atoms with E-state index in [1.807, 2.05) is 31.2 Å². The number of carbonyl (C=O) groups is 1. The van der Waals surface area contributed by atoms with Crippen molar-refractivity contribution >= 4 is 46.4 Å². The topological polar surface area (TPSA) is 66.9 Å². The number of nitrogens with one attached hydrogen (secondary N) is 2. The van der Waals surface area contributed by atoms with E-state index in [9.17, 15) is 4.79 Å². The monoisotopic (exact) mass is 386 g/mol. The van der Waals surface area contributed by atoms with E-state index in [1.165, 1.54) is 0 Å². The maximum atomic E-state index is 12.5. The van der Waals surface area contributed by atoms with Gasteiger partial charge < -0.3 is 10.6 Å². The van der Waals surface area contributed by atoms with E-state index in [0.29, 0.717) is 27.4 Å². The first-order chi connectivity index (χ1) is 12.4. The number of anilines is 3. The van der Waals surface area contributed by atoms with Crippen molar-refractivity contribution in [3.05, 3.63) is 75.5 Å². The van der Waals surface area contributed by atoms with Crippen LogP contribution in [0.1, 0.15) is 21.7 Å². The predicted molar refractivity (Wildman–Crippen MR) is 106 cm³/mol. The number of aromatic nitrogens is 2. The van der Waals surface area contributed by atoms with Gasteiger partial charge in [0.15, 0.2) is 0 Å². The standard InChI is InChI=1S/C19H16Cl2N4O/c1-11-3-5-15(6-4-11)24-19-22-12(2)7-17(25-19)18(26)23-16-9-13(20)8-14(21)10-16/h3-10H,1-2H3,(H,23,26)(H,22,24,25). The fourth-order valence-electron chi connectivity index (χ4n) is 2.33. The van der Waals surface area contributed by atoms with Crippen LogP contribution < -0.4 is 10.6 Å². The van der Waals surface area contributed by atoms with Crippen molar-refractivity contribution < 1.29 is 4.79 Å². The quantitative estimate of drug-likeness (QED) is 0.629. The van der Waals surface area contributed by atoms with Gasteiger partial charge in [-0.05, 0) is 50.2 Å². The Morgan fingerprint density at radius 2 is 1.54 bits per heavy atom. The molecule has 0 spiro atoms. The molecule has 1 amide bonds. The summed E-state index contributed by atoms with van der Waals surface area (Å²) in [5, 5.41) is 6.72. The van der Waals surface area contributed by atoms with Crippen LogP contribution in [0.4, 0.5) is 17.3 Å². The van der Waals surface area contributed by atoms with Crippen molar-refractivity contribution in [2.75, 3.05) is 10.6 Å². The average Bonchev–Trinajstić information content (AvgIpc) is 2.55. The molecule has 2 aromatic carbocycles. The molecule has 1 heterocycles. The summed E-state index contributed by atoms with van der Waals surface area (Å²) in [6.07, 6.45) is 0. The zero-order valence-electron chi connectivity index (χ0n) is 14.2. The minimum atomic E-state index is -0.374. The van der Waals surface area contributed by atoms with Crippen LogP contribution in [-0.4, -0.2) is 15.9 Å². The van der Waals surface area contributed by atoms with E-state index in [4.69, 9.17) is 23.2 Å². The van der Waals surface area contributed by atoms with Crippen LogP contribution in [0.25, 0.3) is 0 Å². The lowest BCUT2D eigenvalue weighted by atomic mass is 10.2. The van der Waals surface area contributed by atoms with Gasteiger partial charge in [-0.3, -0.25) is 4.79 Å². The first-order valence-corrected chi connectivity index (χ1v) is 8.61. The number of rotatable bonds is 4. The van der Waals surface area contributed by atoms with Gasteiger partial charge in [-0.25, -0.2) is 9.97 Å². The molecule has 0 radical (unpaired) electrons. The molecule has 0 fully saturated rings. The highest BCUT2D eigenvalue weighted by Crippen LogP contribution is 2.23. The van der Waals surface area contributed by atoms with Crippen molar-refractivity contribution in [2.45, 2.75) is 13.8 Å². The summed E-state index contributed by atoms with van der Waals surface area (Å²) in [4.78, 5) is 21.1. The van der Waals surface area contributed by atoms with Crippen LogP contribution in [-0.2, 0) is 0 Å². The summed E-state index contributed by atoms with van der Waals surface area (Å²) >= 11 is 11.9. The summed E-state index contributed by atoms with van der Waals surface area (Å²) in [6.45, 7) is 3.81. The Morgan fingerprint density at radius 1 is 0.885 bits per heavy atom. The fourth-order valence-corrected chi connectivity index (χ4v) is 2.85. The van der Waals surface area contributed by atoms with E-state index in [0.717, 1.165) is 11.3 Å².